The van der Waals surface area contributed by atoms with Gasteiger partial charge in [0.05, 0.1) is 6.54 Å². The summed E-state index contributed by atoms with van der Waals surface area (Å²) in [5.41, 5.74) is 2.76. The van der Waals surface area contributed by atoms with E-state index in [4.69, 9.17) is 4.99 Å². The Morgan fingerprint density at radius 2 is 2.00 bits per heavy atom. The van der Waals surface area contributed by atoms with Gasteiger partial charge in [0.2, 0.25) is 0 Å². The number of nitrogens with zero attached hydrogens (tertiary/aromatic N) is 1. The highest BCUT2D eigenvalue weighted by molar-refractivity contribution is 5.87. The molecule has 0 radical (unpaired) electrons. The van der Waals surface area contributed by atoms with Crippen LogP contribution in [0.1, 0.15) is 38.2 Å². The summed E-state index contributed by atoms with van der Waals surface area (Å²) in [5, 5.41) is 0. The van der Waals surface area contributed by atoms with Gasteiger partial charge in [0.15, 0.2) is 0 Å². The molecule has 0 bridgehead atoms. The van der Waals surface area contributed by atoms with Gasteiger partial charge >= 0.3 is 0 Å². The van der Waals surface area contributed by atoms with Crippen LogP contribution >= 0.6 is 0 Å². The summed E-state index contributed by atoms with van der Waals surface area (Å²) >= 11 is 0. The Labute approximate surface area is 92.2 Å². The van der Waals surface area contributed by atoms with Gasteiger partial charge in [-0.05, 0) is 30.7 Å². The predicted molar refractivity (Wildman–Crippen MR) is 65.2 cm³/mol. The van der Waals surface area contributed by atoms with Crippen LogP contribution < -0.4 is 0 Å². The largest absolute Gasteiger partial charge is 0.289 e. The van der Waals surface area contributed by atoms with Crippen molar-refractivity contribution in [3.63, 3.8) is 0 Å². The number of aliphatic imine (C=N–C) groups is 1. The average Bonchev–Trinajstić information content (AvgIpc) is 2.29. The molecule has 1 heteroatoms. The number of hydrogen-bond donors (Lipinski definition) is 0. The van der Waals surface area contributed by atoms with Crippen LogP contribution in [0.3, 0.4) is 0 Å². The normalized spacial score (nSPS) is 24.3. The lowest BCUT2D eigenvalue weighted by molar-refractivity contribution is 0.556. The summed E-state index contributed by atoms with van der Waals surface area (Å²) in [6, 6.07) is 10.5. The molecule has 0 heterocycles. The Bertz CT molecular complexity index is 326. The first kappa shape index (κ1) is 10.4. The molecular formula is C14H19N. The Kier molecular flexibility index (Phi) is 3.54. The van der Waals surface area contributed by atoms with Gasteiger partial charge in [-0.1, -0.05) is 43.7 Å². The van der Waals surface area contributed by atoms with E-state index in [-0.39, 0.29) is 0 Å². The SMILES string of the molecule is CC1CCCC/C1=N/Cc1ccccc1. The van der Waals surface area contributed by atoms with Crippen molar-refractivity contribution in [3.8, 4) is 0 Å². The predicted octanol–water partition coefficient (Wildman–Crippen LogP) is 3.84. The van der Waals surface area contributed by atoms with Gasteiger partial charge in [-0.15, -0.1) is 0 Å². The summed E-state index contributed by atoms with van der Waals surface area (Å²) in [4.78, 5) is 4.75. The zero-order valence-corrected chi connectivity index (χ0v) is 9.45. The summed E-state index contributed by atoms with van der Waals surface area (Å²) in [6.45, 7) is 3.17. The molecule has 0 saturated heterocycles. The van der Waals surface area contributed by atoms with E-state index in [2.05, 4.69) is 37.3 Å². The van der Waals surface area contributed by atoms with E-state index >= 15 is 0 Å². The molecule has 1 aliphatic carbocycles. The standard InChI is InChI=1S/C14H19N/c1-12-7-5-6-10-14(12)15-11-13-8-3-2-4-9-13/h2-4,8-9,12H,5-7,10-11H2,1H3/b15-14-. The first-order chi connectivity index (χ1) is 7.36. The molecule has 0 amide bonds. The minimum atomic E-state index is 0.711. The van der Waals surface area contributed by atoms with Gasteiger partial charge in [-0.3, -0.25) is 4.99 Å². The molecule has 1 aliphatic rings. The molecule has 1 fully saturated rings. The Morgan fingerprint density at radius 3 is 2.73 bits per heavy atom. The highest BCUT2D eigenvalue weighted by atomic mass is 14.7. The molecule has 1 aromatic rings. The number of rotatable bonds is 2. The molecule has 0 N–H and O–H groups in total. The van der Waals surface area contributed by atoms with Gasteiger partial charge in [0.1, 0.15) is 0 Å². The average molecular weight is 201 g/mol. The molecule has 2 rings (SSSR count). The van der Waals surface area contributed by atoms with Crippen molar-refractivity contribution in [2.45, 2.75) is 39.2 Å². The van der Waals surface area contributed by atoms with E-state index in [1.807, 2.05) is 0 Å². The summed E-state index contributed by atoms with van der Waals surface area (Å²) < 4.78 is 0. The molecule has 1 unspecified atom stereocenters. The van der Waals surface area contributed by atoms with E-state index in [1.54, 1.807) is 0 Å². The van der Waals surface area contributed by atoms with Crippen LogP contribution in [0.2, 0.25) is 0 Å². The van der Waals surface area contributed by atoms with Gasteiger partial charge in [-0.2, -0.15) is 0 Å². The van der Waals surface area contributed by atoms with Crippen molar-refractivity contribution in [3.05, 3.63) is 35.9 Å². The molecule has 15 heavy (non-hydrogen) atoms. The van der Waals surface area contributed by atoms with Gasteiger partial charge in [0.25, 0.3) is 0 Å². The van der Waals surface area contributed by atoms with Crippen LogP contribution in [0, 0.1) is 5.92 Å². The summed E-state index contributed by atoms with van der Waals surface area (Å²) in [7, 11) is 0. The second-order valence-electron chi connectivity index (χ2n) is 4.44. The maximum absolute atomic E-state index is 4.75. The minimum Gasteiger partial charge on any atom is -0.289 e. The quantitative estimate of drug-likeness (QED) is 0.689. The molecular weight excluding hydrogens is 182 g/mol. The van der Waals surface area contributed by atoms with E-state index < -0.39 is 0 Å². The third-order valence-electron chi connectivity index (χ3n) is 3.20. The monoisotopic (exact) mass is 201 g/mol. The lowest BCUT2D eigenvalue weighted by Gasteiger charge is -2.20. The lowest BCUT2D eigenvalue weighted by Crippen LogP contribution is -2.16. The molecule has 1 atom stereocenters. The maximum atomic E-state index is 4.75. The zero-order valence-electron chi connectivity index (χ0n) is 9.45. The van der Waals surface area contributed by atoms with E-state index in [0.29, 0.717) is 5.92 Å². The number of benzene rings is 1. The molecule has 0 spiro atoms. The van der Waals surface area contributed by atoms with Crippen LogP contribution in [0.4, 0.5) is 0 Å². The topological polar surface area (TPSA) is 12.4 Å². The smallest absolute Gasteiger partial charge is 0.0639 e. The van der Waals surface area contributed by atoms with Crippen LogP contribution in [0.15, 0.2) is 35.3 Å². The fraction of sp³-hybridized carbons (Fsp3) is 0.500. The molecule has 1 saturated carbocycles. The van der Waals surface area contributed by atoms with Gasteiger partial charge in [0, 0.05) is 5.71 Å². The van der Waals surface area contributed by atoms with Crippen LogP contribution in [0.25, 0.3) is 0 Å². The van der Waals surface area contributed by atoms with Crippen molar-refractivity contribution < 1.29 is 0 Å². The number of hydrogen-bond acceptors (Lipinski definition) is 1. The molecule has 0 aliphatic heterocycles. The van der Waals surface area contributed by atoms with E-state index in [9.17, 15) is 0 Å². The Hall–Kier alpha value is -1.11. The molecule has 1 nitrogen and oxygen atoms in total. The first-order valence-electron chi connectivity index (χ1n) is 5.93. The maximum Gasteiger partial charge on any atom is 0.0639 e. The van der Waals surface area contributed by atoms with Crippen LogP contribution in [-0.4, -0.2) is 5.71 Å². The van der Waals surface area contributed by atoms with Crippen molar-refractivity contribution in [2.75, 3.05) is 0 Å². The second kappa shape index (κ2) is 5.11. The van der Waals surface area contributed by atoms with Crippen molar-refractivity contribution in [1.29, 1.82) is 0 Å². The van der Waals surface area contributed by atoms with Gasteiger partial charge in [-0.25, -0.2) is 0 Å². The fourth-order valence-electron chi connectivity index (χ4n) is 2.18. The van der Waals surface area contributed by atoms with Crippen molar-refractivity contribution in [1.82, 2.24) is 0 Å². The van der Waals surface area contributed by atoms with E-state index in [1.165, 1.54) is 37.0 Å². The third-order valence-corrected chi connectivity index (χ3v) is 3.20. The first-order valence-corrected chi connectivity index (χ1v) is 5.93. The summed E-state index contributed by atoms with van der Waals surface area (Å²) in [6.07, 6.45) is 5.26. The second-order valence-corrected chi connectivity index (χ2v) is 4.44. The van der Waals surface area contributed by atoms with Gasteiger partial charge < -0.3 is 0 Å². The molecule has 1 aromatic carbocycles. The lowest BCUT2D eigenvalue weighted by atomic mass is 9.89. The Balaban J connectivity index is 1.98. The highest BCUT2D eigenvalue weighted by Crippen LogP contribution is 2.21. The molecule has 0 aromatic heterocycles. The third kappa shape index (κ3) is 2.92. The minimum absolute atomic E-state index is 0.711. The Morgan fingerprint density at radius 1 is 1.20 bits per heavy atom. The van der Waals surface area contributed by atoms with Crippen molar-refractivity contribution >= 4 is 5.71 Å². The fourth-order valence-corrected chi connectivity index (χ4v) is 2.18. The zero-order chi connectivity index (χ0) is 10.5. The van der Waals surface area contributed by atoms with Crippen molar-refractivity contribution in [2.24, 2.45) is 10.9 Å². The van der Waals surface area contributed by atoms with Crippen LogP contribution in [0.5, 0.6) is 0 Å². The highest BCUT2D eigenvalue weighted by Gasteiger charge is 2.14. The molecule has 80 valence electrons. The van der Waals surface area contributed by atoms with Crippen LogP contribution in [-0.2, 0) is 6.54 Å². The van der Waals surface area contributed by atoms with E-state index in [0.717, 1.165) is 6.54 Å². The summed E-state index contributed by atoms with van der Waals surface area (Å²) in [5.74, 6) is 0.711.